The molecule has 2 fully saturated rings. The summed E-state index contributed by atoms with van der Waals surface area (Å²) in [6.07, 6.45) is 6.13. The van der Waals surface area contributed by atoms with Gasteiger partial charge >= 0.3 is 0 Å². The normalized spacial score (nSPS) is 28.6. The van der Waals surface area contributed by atoms with Gasteiger partial charge < -0.3 is 4.74 Å². The first kappa shape index (κ1) is 12.7. The highest BCUT2D eigenvalue weighted by molar-refractivity contribution is 5.96. The van der Waals surface area contributed by atoms with Gasteiger partial charge in [-0.3, -0.25) is 4.79 Å². The molecule has 2 heteroatoms. The summed E-state index contributed by atoms with van der Waals surface area (Å²) in [5.41, 5.74) is 0.814. The number of carbonyl (C=O) groups excluding carboxylic acids is 1. The molecule has 2 aliphatic rings. The van der Waals surface area contributed by atoms with E-state index in [1.807, 2.05) is 31.2 Å². The quantitative estimate of drug-likeness (QED) is 0.743. The van der Waals surface area contributed by atoms with Gasteiger partial charge in [0.15, 0.2) is 5.78 Å². The van der Waals surface area contributed by atoms with Crippen molar-refractivity contribution >= 4 is 5.78 Å². The van der Waals surface area contributed by atoms with E-state index in [-0.39, 0.29) is 0 Å². The molecule has 0 saturated heterocycles. The molecule has 2 aliphatic carbocycles. The van der Waals surface area contributed by atoms with E-state index in [9.17, 15) is 4.79 Å². The van der Waals surface area contributed by atoms with Gasteiger partial charge in [0, 0.05) is 12.0 Å². The Labute approximate surface area is 115 Å². The van der Waals surface area contributed by atoms with Gasteiger partial charge in [-0.2, -0.15) is 0 Å². The van der Waals surface area contributed by atoms with Gasteiger partial charge in [-0.25, -0.2) is 0 Å². The second-order valence-corrected chi connectivity index (χ2v) is 6.02. The van der Waals surface area contributed by atoms with Crippen molar-refractivity contribution in [3.63, 3.8) is 0 Å². The Kier molecular flexibility index (Phi) is 3.58. The highest BCUT2D eigenvalue weighted by Crippen LogP contribution is 2.49. The van der Waals surface area contributed by atoms with Crippen LogP contribution in [0.15, 0.2) is 24.3 Å². The number of hydrogen-bond donors (Lipinski definition) is 0. The predicted molar refractivity (Wildman–Crippen MR) is 75.5 cm³/mol. The van der Waals surface area contributed by atoms with Crippen molar-refractivity contribution in [1.29, 1.82) is 0 Å². The van der Waals surface area contributed by atoms with E-state index in [0.29, 0.717) is 18.3 Å². The number of benzene rings is 1. The molecule has 2 bridgehead atoms. The van der Waals surface area contributed by atoms with Crippen LogP contribution in [0.1, 0.15) is 49.4 Å². The van der Waals surface area contributed by atoms with Gasteiger partial charge in [-0.1, -0.05) is 18.6 Å². The fraction of sp³-hybridized carbons (Fsp3) is 0.588. The molecule has 0 radical (unpaired) electrons. The summed E-state index contributed by atoms with van der Waals surface area (Å²) >= 11 is 0. The number of fused-ring (bicyclic) bond motifs is 2. The third kappa shape index (κ3) is 2.68. The SMILES string of the molecule is CCOc1cccc(C(=O)CC2CC3CCC2C3)c1. The average molecular weight is 258 g/mol. The molecule has 1 aromatic carbocycles. The van der Waals surface area contributed by atoms with E-state index in [2.05, 4.69) is 0 Å². The van der Waals surface area contributed by atoms with Crippen LogP contribution < -0.4 is 4.74 Å². The summed E-state index contributed by atoms with van der Waals surface area (Å²) in [7, 11) is 0. The van der Waals surface area contributed by atoms with Crippen LogP contribution in [-0.2, 0) is 0 Å². The number of ketones is 1. The molecule has 2 saturated carbocycles. The number of rotatable bonds is 5. The minimum Gasteiger partial charge on any atom is -0.494 e. The molecule has 2 nitrogen and oxygen atoms in total. The lowest BCUT2D eigenvalue weighted by molar-refractivity contribution is 0.0944. The van der Waals surface area contributed by atoms with Gasteiger partial charge in [0.1, 0.15) is 5.75 Å². The maximum atomic E-state index is 12.4. The van der Waals surface area contributed by atoms with Crippen LogP contribution >= 0.6 is 0 Å². The van der Waals surface area contributed by atoms with E-state index < -0.39 is 0 Å². The minimum absolute atomic E-state index is 0.291. The van der Waals surface area contributed by atoms with Crippen molar-refractivity contribution in [2.75, 3.05) is 6.61 Å². The van der Waals surface area contributed by atoms with Gasteiger partial charge in [-0.15, -0.1) is 0 Å². The standard InChI is InChI=1S/C17H22O2/c1-2-19-16-5-3-4-14(10-16)17(18)11-15-9-12-6-7-13(15)8-12/h3-5,10,12-13,15H,2,6-9,11H2,1H3. The average Bonchev–Trinajstić information content (AvgIpc) is 3.02. The largest absolute Gasteiger partial charge is 0.494 e. The van der Waals surface area contributed by atoms with Crippen molar-refractivity contribution in [2.24, 2.45) is 17.8 Å². The molecule has 0 N–H and O–H groups in total. The Balaban J connectivity index is 1.65. The summed E-state index contributed by atoms with van der Waals surface area (Å²) in [5.74, 6) is 3.48. The fourth-order valence-electron chi connectivity index (χ4n) is 3.91. The first-order chi connectivity index (χ1) is 9.26. The molecule has 3 unspecified atom stereocenters. The number of Topliss-reactive ketones (excluding diaryl/α,β-unsaturated/α-hetero) is 1. The van der Waals surface area contributed by atoms with Crippen LogP contribution in [0.25, 0.3) is 0 Å². The fourth-order valence-corrected chi connectivity index (χ4v) is 3.91. The van der Waals surface area contributed by atoms with Crippen molar-refractivity contribution in [2.45, 2.75) is 39.0 Å². The summed E-state index contributed by atoms with van der Waals surface area (Å²) in [4.78, 5) is 12.4. The van der Waals surface area contributed by atoms with Crippen LogP contribution in [0.2, 0.25) is 0 Å². The van der Waals surface area contributed by atoms with E-state index in [1.54, 1.807) is 0 Å². The van der Waals surface area contributed by atoms with E-state index in [1.165, 1.54) is 25.7 Å². The van der Waals surface area contributed by atoms with E-state index in [4.69, 9.17) is 4.74 Å². The highest BCUT2D eigenvalue weighted by Gasteiger charge is 2.40. The zero-order valence-electron chi connectivity index (χ0n) is 11.6. The topological polar surface area (TPSA) is 26.3 Å². The lowest BCUT2D eigenvalue weighted by atomic mass is 9.84. The van der Waals surface area contributed by atoms with E-state index in [0.717, 1.165) is 29.6 Å². The molecular formula is C17H22O2. The maximum absolute atomic E-state index is 12.4. The maximum Gasteiger partial charge on any atom is 0.163 e. The summed E-state index contributed by atoms with van der Waals surface area (Å²) in [6, 6.07) is 7.63. The Morgan fingerprint density at radius 1 is 1.32 bits per heavy atom. The van der Waals surface area contributed by atoms with Crippen LogP contribution in [0.4, 0.5) is 0 Å². The molecule has 0 spiro atoms. The highest BCUT2D eigenvalue weighted by atomic mass is 16.5. The van der Waals surface area contributed by atoms with Crippen LogP contribution in [-0.4, -0.2) is 12.4 Å². The molecule has 102 valence electrons. The third-order valence-electron chi connectivity index (χ3n) is 4.80. The smallest absolute Gasteiger partial charge is 0.163 e. The molecule has 3 atom stereocenters. The zero-order valence-corrected chi connectivity index (χ0v) is 11.6. The van der Waals surface area contributed by atoms with Crippen molar-refractivity contribution < 1.29 is 9.53 Å². The zero-order chi connectivity index (χ0) is 13.2. The summed E-state index contributed by atoms with van der Waals surface area (Å²) in [6.45, 7) is 2.60. The molecule has 19 heavy (non-hydrogen) atoms. The number of carbonyl (C=O) groups is 1. The lowest BCUT2D eigenvalue weighted by Gasteiger charge is -2.20. The first-order valence-corrected chi connectivity index (χ1v) is 7.52. The first-order valence-electron chi connectivity index (χ1n) is 7.52. The molecule has 0 aromatic heterocycles. The van der Waals surface area contributed by atoms with Gasteiger partial charge in [0.05, 0.1) is 6.61 Å². The minimum atomic E-state index is 0.291. The Morgan fingerprint density at radius 3 is 2.89 bits per heavy atom. The van der Waals surface area contributed by atoms with Crippen LogP contribution in [0.3, 0.4) is 0 Å². The molecule has 0 heterocycles. The molecule has 1 aromatic rings. The second kappa shape index (κ2) is 5.36. The van der Waals surface area contributed by atoms with E-state index >= 15 is 0 Å². The lowest BCUT2D eigenvalue weighted by Crippen LogP contribution is -2.15. The van der Waals surface area contributed by atoms with Gasteiger partial charge in [-0.05, 0) is 56.1 Å². The Hall–Kier alpha value is -1.31. The predicted octanol–water partition coefficient (Wildman–Crippen LogP) is 4.09. The van der Waals surface area contributed by atoms with Crippen LogP contribution in [0, 0.1) is 17.8 Å². The molecular weight excluding hydrogens is 236 g/mol. The Bertz CT molecular complexity index is 466. The molecule has 0 aliphatic heterocycles. The number of ether oxygens (including phenoxy) is 1. The van der Waals surface area contributed by atoms with Gasteiger partial charge in [0.2, 0.25) is 0 Å². The van der Waals surface area contributed by atoms with Crippen molar-refractivity contribution in [1.82, 2.24) is 0 Å². The third-order valence-corrected chi connectivity index (χ3v) is 4.80. The second-order valence-electron chi connectivity index (χ2n) is 6.02. The van der Waals surface area contributed by atoms with Crippen molar-refractivity contribution in [3.05, 3.63) is 29.8 Å². The van der Waals surface area contributed by atoms with Gasteiger partial charge in [0.25, 0.3) is 0 Å². The summed E-state index contributed by atoms with van der Waals surface area (Å²) < 4.78 is 5.46. The molecule has 0 amide bonds. The van der Waals surface area contributed by atoms with Crippen LogP contribution in [0.5, 0.6) is 5.75 Å². The summed E-state index contributed by atoms with van der Waals surface area (Å²) in [5, 5.41) is 0. The monoisotopic (exact) mass is 258 g/mol. The molecule has 3 rings (SSSR count). The van der Waals surface area contributed by atoms with Crippen molar-refractivity contribution in [3.8, 4) is 5.75 Å². The Morgan fingerprint density at radius 2 is 2.21 bits per heavy atom. The number of hydrogen-bond acceptors (Lipinski definition) is 2.